The smallest absolute Gasteiger partial charge is 0.255 e. The van der Waals surface area contributed by atoms with Gasteiger partial charge in [-0.05, 0) is 26.3 Å². The minimum absolute atomic E-state index is 0.0671. The molecule has 0 radical (unpaired) electrons. The summed E-state index contributed by atoms with van der Waals surface area (Å²) in [6.45, 7) is 5.26. The van der Waals surface area contributed by atoms with Crippen molar-refractivity contribution in [3.8, 4) is 0 Å². The highest BCUT2D eigenvalue weighted by molar-refractivity contribution is 9.09. The van der Waals surface area contributed by atoms with Crippen LogP contribution in [-0.4, -0.2) is 38.9 Å². The molecule has 0 saturated carbocycles. The van der Waals surface area contributed by atoms with Gasteiger partial charge in [0.15, 0.2) is 0 Å². The van der Waals surface area contributed by atoms with Crippen molar-refractivity contribution in [1.29, 1.82) is 0 Å². The lowest BCUT2D eigenvalue weighted by atomic mass is 10.2. The first-order valence-corrected chi connectivity index (χ1v) is 6.24. The van der Waals surface area contributed by atoms with Gasteiger partial charge in [0, 0.05) is 17.9 Å². The Morgan fingerprint density at radius 2 is 2.25 bits per heavy atom. The molecule has 5 heteroatoms. The molecular weight excluding hydrogens is 270 g/mol. The molecule has 1 fully saturated rings. The fourth-order valence-electron chi connectivity index (χ4n) is 1.84. The molecule has 1 aliphatic heterocycles. The molecule has 16 heavy (non-hydrogen) atoms. The number of rotatable bonds is 1. The first-order valence-electron chi connectivity index (χ1n) is 5.32. The maximum atomic E-state index is 12.2. The van der Waals surface area contributed by atoms with E-state index in [4.69, 9.17) is 0 Å². The number of carbonyl (C=O) groups excluding carboxylic acids is 1. The Labute approximate surface area is 103 Å². The molecule has 1 amide bonds. The molecule has 4 nitrogen and oxygen atoms in total. The summed E-state index contributed by atoms with van der Waals surface area (Å²) < 4.78 is 0. The monoisotopic (exact) mass is 283 g/mol. The van der Waals surface area contributed by atoms with Crippen LogP contribution in [0, 0.1) is 13.8 Å². The third-order valence-corrected chi connectivity index (χ3v) is 3.50. The van der Waals surface area contributed by atoms with E-state index in [0.29, 0.717) is 16.1 Å². The second-order valence-corrected chi connectivity index (χ2v) is 5.42. The van der Waals surface area contributed by atoms with Gasteiger partial charge in [0.25, 0.3) is 5.91 Å². The summed E-state index contributed by atoms with van der Waals surface area (Å²) in [4.78, 5) is 14.5. The van der Waals surface area contributed by atoms with Crippen molar-refractivity contribution in [2.45, 2.75) is 25.1 Å². The molecule has 0 aliphatic carbocycles. The second kappa shape index (κ2) is 4.49. The van der Waals surface area contributed by atoms with Crippen LogP contribution in [0.2, 0.25) is 0 Å². The van der Waals surface area contributed by atoms with Crippen molar-refractivity contribution in [3.63, 3.8) is 0 Å². The molecule has 0 bridgehead atoms. The highest BCUT2D eigenvalue weighted by Crippen LogP contribution is 2.19. The fourth-order valence-corrected chi connectivity index (χ4v) is 2.39. The zero-order valence-electron chi connectivity index (χ0n) is 9.40. The van der Waals surface area contributed by atoms with E-state index < -0.39 is 0 Å². The highest BCUT2D eigenvalue weighted by atomic mass is 79.9. The van der Waals surface area contributed by atoms with Gasteiger partial charge in [-0.15, -0.1) is 0 Å². The zero-order valence-corrected chi connectivity index (χ0v) is 11.0. The van der Waals surface area contributed by atoms with Gasteiger partial charge in [-0.1, -0.05) is 15.9 Å². The van der Waals surface area contributed by atoms with Crippen LogP contribution in [-0.2, 0) is 0 Å². The van der Waals surface area contributed by atoms with Crippen molar-refractivity contribution in [2.75, 3.05) is 13.1 Å². The van der Waals surface area contributed by atoms with Crippen molar-refractivity contribution in [1.82, 2.24) is 15.1 Å². The molecule has 1 unspecified atom stereocenters. The molecule has 1 aromatic heterocycles. The van der Waals surface area contributed by atoms with Crippen LogP contribution in [0.1, 0.15) is 28.2 Å². The van der Waals surface area contributed by atoms with Crippen molar-refractivity contribution < 1.29 is 4.79 Å². The van der Waals surface area contributed by atoms with Crippen LogP contribution >= 0.6 is 15.9 Å². The lowest BCUT2D eigenvalue weighted by Crippen LogP contribution is -2.29. The number of hydrogen-bond donors (Lipinski definition) is 0. The number of alkyl halides is 1. The molecule has 0 spiro atoms. The van der Waals surface area contributed by atoms with Gasteiger partial charge in [0.2, 0.25) is 0 Å². The van der Waals surface area contributed by atoms with Gasteiger partial charge in [0.1, 0.15) is 0 Å². The van der Waals surface area contributed by atoms with Crippen molar-refractivity contribution >= 4 is 21.8 Å². The summed E-state index contributed by atoms with van der Waals surface area (Å²) in [7, 11) is 0. The number of carbonyl (C=O) groups is 1. The van der Waals surface area contributed by atoms with E-state index in [1.165, 1.54) is 0 Å². The van der Waals surface area contributed by atoms with E-state index >= 15 is 0 Å². The van der Waals surface area contributed by atoms with E-state index in [-0.39, 0.29) is 5.91 Å². The predicted molar refractivity (Wildman–Crippen MR) is 64.7 cm³/mol. The van der Waals surface area contributed by atoms with Gasteiger partial charge >= 0.3 is 0 Å². The molecule has 0 aromatic carbocycles. The van der Waals surface area contributed by atoms with Gasteiger partial charge in [0.05, 0.1) is 17.0 Å². The minimum Gasteiger partial charge on any atom is -0.337 e. The molecule has 86 valence electrons. The van der Waals surface area contributed by atoms with E-state index in [1.807, 2.05) is 24.8 Å². The lowest BCUT2D eigenvalue weighted by molar-refractivity contribution is 0.0792. The topological polar surface area (TPSA) is 46.1 Å². The largest absolute Gasteiger partial charge is 0.337 e. The quantitative estimate of drug-likeness (QED) is 0.737. The van der Waals surface area contributed by atoms with Gasteiger partial charge in [-0.25, -0.2) is 0 Å². The SMILES string of the molecule is Cc1cc(C(=O)N2CCC(Br)C2)c(C)nn1. The molecule has 1 atom stereocenters. The van der Waals surface area contributed by atoms with Crippen molar-refractivity contribution in [2.24, 2.45) is 0 Å². The van der Waals surface area contributed by atoms with E-state index in [1.54, 1.807) is 0 Å². The molecule has 0 N–H and O–H groups in total. The summed E-state index contributed by atoms with van der Waals surface area (Å²) in [6, 6.07) is 1.81. The third kappa shape index (κ3) is 2.24. The van der Waals surface area contributed by atoms with Crippen LogP contribution in [0.15, 0.2) is 6.07 Å². The molecular formula is C11H14BrN3O. The number of halogens is 1. The Kier molecular flexibility index (Phi) is 3.23. The highest BCUT2D eigenvalue weighted by Gasteiger charge is 2.26. The van der Waals surface area contributed by atoms with E-state index in [9.17, 15) is 4.79 Å². The number of likely N-dealkylation sites (tertiary alicyclic amines) is 1. The average Bonchev–Trinajstić information content (AvgIpc) is 2.67. The average molecular weight is 284 g/mol. The summed E-state index contributed by atoms with van der Waals surface area (Å²) in [6.07, 6.45) is 1.02. The van der Waals surface area contributed by atoms with Gasteiger partial charge in [-0.3, -0.25) is 4.79 Å². The Hall–Kier alpha value is -0.970. The lowest BCUT2D eigenvalue weighted by Gasteiger charge is -2.16. The molecule has 2 heterocycles. The third-order valence-electron chi connectivity index (χ3n) is 2.75. The van der Waals surface area contributed by atoms with Crippen LogP contribution in [0.3, 0.4) is 0 Å². The standard InChI is InChI=1S/C11H14BrN3O/c1-7-5-10(8(2)14-13-7)11(16)15-4-3-9(12)6-15/h5,9H,3-4,6H2,1-2H3. The predicted octanol–water partition coefficient (Wildman–Crippen LogP) is 1.70. The van der Waals surface area contributed by atoms with Crippen LogP contribution in [0.25, 0.3) is 0 Å². The van der Waals surface area contributed by atoms with Crippen LogP contribution in [0.4, 0.5) is 0 Å². The fraction of sp³-hybridized carbons (Fsp3) is 0.545. The molecule has 1 saturated heterocycles. The molecule has 2 rings (SSSR count). The normalized spacial score (nSPS) is 20.2. The minimum atomic E-state index is 0.0671. The second-order valence-electron chi connectivity index (χ2n) is 4.12. The number of hydrogen-bond acceptors (Lipinski definition) is 3. The van der Waals surface area contributed by atoms with Crippen molar-refractivity contribution in [3.05, 3.63) is 23.0 Å². The number of amides is 1. The number of aromatic nitrogens is 2. The summed E-state index contributed by atoms with van der Waals surface area (Å²) in [5.74, 6) is 0.0671. The Bertz CT molecular complexity index is 422. The van der Waals surface area contributed by atoms with E-state index in [2.05, 4.69) is 26.1 Å². The zero-order chi connectivity index (χ0) is 11.7. The number of nitrogens with zero attached hydrogens (tertiary/aromatic N) is 3. The van der Waals surface area contributed by atoms with E-state index in [0.717, 1.165) is 25.2 Å². The van der Waals surface area contributed by atoms with Crippen LogP contribution < -0.4 is 0 Å². The maximum absolute atomic E-state index is 12.2. The summed E-state index contributed by atoms with van der Waals surface area (Å²) in [5, 5.41) is 7.91. The van der Waals surface area contributed by atoms with Gasteiger partial charge < -0.3 is 4.90 Å². The molecule has 1 aliphatic rings. The Morgan fingerprint density at radius 1 is 1.50 bits per heavy atom. The number of aryl methyl sites for hydroxylation is 2. The summed E-state index contributed by atoms with van der Waals surface area (Å²) in [5.41, 5.74) is 2.16. The summed E-state index contributed by atoms with van der Waals surface area (Å²) >= 11 is 3.53. The maximum Gasteiger partial charge on any atom is 0.255 e. The first-order chi connectivity index (χ1) is 7.58. The first kappa shape index (κ1) is 11.5. The Balaban J connectivity index is 2.23. The van der Waals surface area contributed by atoms with Gasteiger partial charge in [-0.2, -0.15) is 10.2 Å². The van der Waals surface area contributed by atoms with Crippen LogP contribution in [0.5, 0.6) is 0 Å². The molecule has 1 aromatic rings. The Morgan fingerprint density at radius 3 is 2.88 bits per heavy atom.